The van der Waals surface area contributed by atoms with Crippen LogP contribution in [0.1, 0.15) is 35.4 Å². The van der Waals surface area contributed by atoms with E-state index >= 15 is 0 Å². The third-order valence-corrected chi connectivity index (χ3v) is 5.47. The normalized spacial score (nSPS) is 14.8. The van der Waals surface area contributed by atoms with Gasteiger partial charge in [0.05, 0.1) is 12.3 Å². The number of anilines is 1. The molecule has 0 saturated heterocycles. The Bertz CT molecular complexity index is 1060. The molecule has 2 N–H and O–H groups in total. The molecule has 1 aliphatic heterocycles. The van der Waals surface area contributed by atoms with Gasteiger partial charge in [0.25, 0.3) is 0 Å². The minimum atomic E-state index is -0.449. The average Bonchev–Trinajstić information content (AvgIpc) is 3.57. The number of benzene rings is 3. The Balaban J connectivity index is 1.33. The maximum absolute atomic E-state index is 13.3. The smallest absolute Gasteiger partial charge is 0.236 e. The SMILES string of the molecule is O=C(Cc1ccc(NC(=O)C2c3ccccc3Oc3ccccc32)cc1)NC1CC1. The number of rotatable bonds is 5. The van der Waals surface area contributed by atoms with Gasteiger partial charge in [0.2, 0.25) is 11.8 Å². The molecular weight excluding hydrogens is 376 g/mol. The average molecular weight is 398 g/mol. The van der Waals surface area contributed by atoms with Crippen molar-refractivity contribution < 1.29 is 14.3 Å². The zero-order chi connectivity index (χ0) is 20.5. The number of amides is 2. The first-order valence-electron chi connectivity index (χ1n) is 10.2. The van der Waals surface area contributed by atoms with Crippen LogP contribution in [0.2, 0.25) is 0 Å². The number of carbonyl (C=O) groups is 2. The lowest BCUT2D eigenvalue weighted by Gasteiger charge is -2.27. The quantitative estimate of drug-likeness (QED) is 0.670. The first-order valence-corrected chi connectivity index (χ1v) is 10.2. The lowest BCUT2D eigenvalue weighted by molar-refractivity contribution is -0.120. The maximum atomic E-state index is 13.3. The number of ether oxygens (including phenoxy) is 1. The summed E-state index contributed by atoms with van der Waals surface area (Å²) in [4.78, 5) is 25.2. The van der Waals surface area contributed by atoms with Gasteiger partial charge >= 0.3 is 0 Å². The van der Waals surface area contributed by atoms with Crippen LogP contribution in [-0.4, -0.2) is 17.9 Å². The van der Waals surface area contributed by atoms with Crippen molar-refractivity contribution in [1.29, 1.82) is 0 Å². The summed E-state index contributed by atoms with van der Waals surface area (Å²) in [7, 11) is 0. The van der Waals surface area contributed by atoms with Gasteiger partial charge < -0.3 is 15.4 Å². The molecular formula is C25H22N2O3. The summed E-state index contributed by atoms with van der Waals surface area (Å²) in [5, 5.41) is 6.01. The van der Waals surface area contributed by atoms with Crippen molar-refractivity contribution in [2.24, 2.45) is 0 Å². The van der Waals surface area contributed by atoms with E-state index in [1.54, 1.807) is 0 Å². The van der Waals surface area contributed by atoms with Crippen molar-refractivity contribution in [1.82, 2.24) is 5.32 Å². The molecule has 5 heteroatoms. The molecule has 2 aliphatic rings. The van der Waals surface area contributed by atoms with Crippen molar-refractivity contribution in [3.8, 4) is 11.5 Å². The van der Waals surface area contributed by atoms with E-state index in [2.05, 4.69) is 10.6 Å². The van der Waals surface area contributed by atoms with E-state index in [9.17, 15) is 9.59 Å². The third kappa shape index (κ3) is 3.79. The van der Waals surface area contributed by atoms with Gasteiger partial charge in [0, 0.05) is 22.9 Å². The van der Waals surface area contributed by atoms with Crippen LogP contribution in [0.4, 0.5) is 5.69 Å². The van der Waals surface area contributed by atoms with Crippen LogP contribution in [0.5, 0.6) is 11.5 Å². The summed E-state index contributed by atoms with van der Waals surface area (Å²) in [6.45, 7) is 0. The van der Waals surface area contributed by atoms with E-state index in [1.807, 2.05) is 72.8 Å². The summed E-state index contributed by atoms with van der Waals surface area (Å²) in [6.07, 6.45) is 2.51. The number of carbonyl (C=O) groups excluding carboxylic acids is 2. The van der Waals surface area contributed by atoms with Gasteiger partial charge in [-0.2, -0.15) is 0 Å². The second-order valence-corrected chi connectivity index (χ2v) is 7.82. The number of hydrogen-bond donors (Lipinski definition) is 2. The zero-order valence-corrected chi connectivity index (χ0v) is 16.4. The summed E-state index contributed by atoms with van der Waals surface area (Å²) >= 11 is 0. The van der Waals surface area contributed by atoms with E-state index < -0.39 is 5.92 Å². The molecule has 5 rings (SSSR count). The Kier molecular flexibility index (Phi) is 4.71. The molecule has 150 valence electrons. The number of fused-ring (bicyclic) bond motifs is 2. The van der Waals surface area contributed by atoms with Crippen LogP contribution in [0.3, 0.4) is 0 Å². The molecule has 0 spiro atoms. The van der Waals surface area contributed by atoms with Gasteiger partial charge in [0.15, 0.2) is 0 Å². The van der Waals surface area contributed by atoms with Gasteiger partial charge in [0.1, 0.15) is 11.5 Å². The second kappa shape index (κ2) is 7.67. The Labute approximate surface area is 175 Å². The van der Waals surface area contributed by atoms with Gasteiger partial charge in [-0.05, 0) is 42.7 Å². The molecule has 1 saturated carbocycles. The van der Waals surface area contributed by atoms with Crippen LogP contribution in [0.25, 0.3) is 0 Å². The molecule has 3 aromatic rings. The second-order valence-electron chi connectivity index (χ2n) is 7.82. The van der Waals surface area contributed by atoms with E-state index in [0.29, 0.717) is 29.6 Å². The summed E-state index contributed by atoms with van der Waals surface area (Å²) in [5.41, 5.74) is 3.32. The minimum Gasteiger partial charge on any atom is -0.457 e. The van der Waals surface area contributed by atoms with Crippen LogP contribution in [0, 0.1) is 0 Å². The summed E-state index contributed by atoms with van der Waals surface area (Å²) in [6, 6.07) is 23.1. The minimum absolute atomic E-state index is 0.0460. The van der Waals surface area contributed by atoms with Crippen molar-refractivity contribution >= 4 is 17.5 Å². The van der Waals surface area contributed by atoms with Crippen molar-refractivity contribution in [2.45, 2.75) is 31.2 Å². The standard InChI is InChI=1S/C25H22N2O3/c28-23(26-17-13-14-17)15-16-9-11-18(12-10-16)27-25(29)24-19-5-1-3-7-21(19)30-22-8-4-2-6-20(22)24/h1-12,17,24H,13-15H2,(H,26,28)(H,27,29). The summed E-state index contributed by atoms with van der Waals surface area (Å²) in [5.74, 6) is 0.888. The molecule has 0 atom stereocenters. The van der Waals surface area contributed by atoms with Crippen LogP contribution in [-0.2, 0) is 16.0 Å². The Morgan fingerprint density at radius 2 is 1.43 bits per heavy atom. The molecule has 0 unspecified atom stereocenters. The lowest BCUT2D eigenvalue weighted by atomic mass is 9.87. The fourth-order valence-corrected chi connectivity index (χ4v) is 3.80. The highest BCUT2D eigenvalue weighted by Crippen LogP contribution is 2.44. The number of para-hydroxylation sites is 2. The highest BCUT2D eigenvalue weighted by atomic mass is 16.5. The highest BCUT2D eigenvalue weighted by Gasteiger charge is 2.32. The molecule has 1 fully saturated rings. The van der Waals surface area contributed by atoms with Gasteiger partial charge in [-0.3, -0.25) is 9.59 Å². The Morgan fingerprint density at radius 1 is 0.833 bits per heavy atom. The maximum Gasteiger partial charge on any atom is 0.236 e. The van der Waals surface area contributed by atoms with Crippen molar-refractivity contribution in [2.75, 3.05) is 5.32 Å². The van der Waals surface area contributed by atoms with E-state index in [-0.39, 0.29) is 11.8 Å². The molecule has 0 bridgehead atoms. The molecule has 5 nitrogen and oxygen atoms in total. The molecule has 30 heavy (non-hydrogen) atoms. The zero-order valence-electron chi connectivity index (χ0n) is 16.4. The van der Waals surface area contributed by atoms with Crippen molar-refractivity contribution in [3.63, 3.8) is 0 Å². The third-order valence-electron chi connectivity index (χ3n) is 5.47. The van der Waals surface area contributed by atoms with E-state index in [1.165, 1.54) is 0 Å². The molecule has 1 heterocycles. The van der Waals surface area contributed by atoms with E-state index in [0.717, 1.165) is 29.5 Å². The van der Waals surface area contributed by atoms with Gasteiger partial charge in [-0.15, -0.1) is 0 Å². The van der Waals surface area contributed by atoms with E-state index in [4.69, 9.17) is 4.74 Å². The topological polar surface area (TPSA) is 67.4 Å². The largest absolute Gasteiger partial charge is 0.457 e. The molecule has 3 aromatic carbocycles. The Hall–Kier alpha value is -3.60. The fraction of sp³-hybridized carbons (Fsp3) is 0.200. The number of hydrogen-bond acceptors (Lipinski definition) is 3. The van der Waals surface area contributed by atoms with Gasteiger partial charge in [-0.1, -0.05) is 48.5 Å². The van der Waals surface area contributed by atoms with Crippen LogP contribution >= 0.6 is 0 Å². The van der Waals surface area contributed by atoms with Crippen molar-refractivity contribution in [3.05, 3.63) is 89.5 Å². The first-order chi connectivity index (χ1) is 14.7. The highest BCUT2D eigenvalue weighted by molar-refractivity contribution is 5.99. The lowest BCUT2D eigenvalue weighted by Crippen LogP contribution is -2.27. The van der Waals surface area contributed by atoms with Crippen LogP contribution < -0.4 is 15.4 Å². The summed E-state index contributed by atoms with van der Waals surface area (Å²) < 4.78 is 5.97. The molecule has 0 aromatic heterocycles. The van der Waals surface area contributed by atoms with Gasteiger partial charge in [-0.25, -0.2) is 0 Å². The number of nitrogens with one attached hydrogen (secondary N) is 2. The van der Waals surface area contributed by atoms with Crippen LogP contribution in [0.15, 0.2) is 72.8 Å². The predicted molar refractivity (Wildman–Crippen MR) is 115 cm³/mol. The predicted octanol–water partition coefficient (Wildman–Crippen LogP) is 4.38. The fourth-order valence-electron chi connectivity index (χ4n) is 3.80. The molecule has 0 radical (unpaired) electrons. The Morgan fingerprint density at radius 3 is 2.03 bits per heavy atom. The molecule has 2 amide bonds. The monoisotopic (exact) mass is 398 g/mol. The molecule has 1 aliphatic carbocycles. The first kappa shape index (κ1) is 18.4.